The number of aliphatic hydroxyl groups is 1. The molecular formula is C18H16ClN3O5. The second kappa shape index (κ2) is 8.03. The van der Waals surface area contributed by atoms with Gasteiger partial charge in [-0.05, 0) is 38.1 Å². The Kier molecular flexibility index (Phi) is 6.00. The number of nitro groups is 1. The normalized spacial score (nSPS) is 12.6. The molecule has 0 bridgehead atoms. The van der Waals surface area contributed by atoms with Gasteiger partial charge in [-0.15, -0.1) is 0 Å². The SMILES string of the molecule is Cc1cc(NC(=O)C(C)(O)COc2ccc(C#N)c(Cl)c2)ccc1[N+](=O)[O-]. The summed E-state index contributed by atoms with van der Waals surface area (Å²) in [5, 5.41) is 32.7. The Morgan fingerprint density at radius 3 is 2.67 bits per heavy atom. The average molecular weight is 390 g/mol. The summed E-state index contributed by atoms with van der Waals surface area (Å²) in [6.45, 7) is 2.45. The highest BCUT2D eigenvalue weighted by Crippen LogP contribution is 2.24. The molecule has 2 aromatic carbocycles. The van der Waals surface area contributed by atoms with Crippen LogP contribution >= 0.6 is 11.6 Å². The van der Waals surface area contributed by atoms with Crippen LogP contribution in [-0.4, -0.2) is 28.1 Å². The lowest BCUT2D eigenvalue weighted by molar-refractivity contribution is -0.385. The summed E-state index contributed by atoms with van der Waals surface area (Å²) in [5.41, 5.74) is -0.982. The Balaban J connectivity index is 2.04. The van der Waals surface area contributed by atoms with E-state index in [0.29, 0.717) is 17.0 Å². The van der Waals surface area contributed by atoms with E-state index in [-0.39, 0.29) is 22.9 Å². The molecule has 1 atom stereocenters. The van der Waals surface area contributed by atoms with Crippen LogP contribution in [0.2, 0.25) is 5.02 Å². The standard InChI is InChI=1S/C18H16ClN3O5/c1-11-7-13(4-6-16(11)22(25)26)21-17(23)18(2,24)10-27-14-5-3-12(9-20)15(19)8-14/h3-8,24H,10H2,1-2H3,(H,21,23). The Morgan fingerprint density at radius 1 is 1.41 bits per heavy atom. The molecule has 1 unspecified atom stereocenters. The first-order chi connectivity index (χ1) is 12.6. The molecule has 0 heterocycles. The van der Waals surface area contributed by atoms with Crippen LogP contribution in [0, 0.1) is 28.4 Å². The van der Waals surface area contributed by atoms with Crippen LogP contribution in [0.4, 0.5) is 11.4 Å². The minimum absolute atomic E-state index is 0.0687. The summed E-state index contributed by atoms with van der Waals surface area (Å²) < 4.78 is 5.39. The van der Waals surface area contributed by atoms with Gasteiger partial charge < -0.3 is 15.2 Å². The second-order valence-electron chi connectivity index (χ2n) is 6.03. The molecule has 140 valence electrons. The van der Waals surface area contributed by atoms with E-state index in [9.17, 15) is 20.0 Å². The molecule has 2 rings (SSSR count). The van der Waals surface area contributed by atoms with E-state index in [1.165, 1.54) is 43.3 Å². The quantitative estimate of drug-likeness (QED) is 0.577. The lowest BCUT2D eigenvalue weighted by Gasteiger charge is -2.22. The summed E-state index contributed by atoms with van der Waals surface area (Å²) in [7, 11) is 0. The third-order valence-corrected chi connectivity index (χ3v) is 4.03. The van der Waals surface area contributed by atoms with E-state index in [2.05, 4.69) is 5.32 Å². The fraction of sp³-hybridized carbons (Fsp3) is 0.222. The lowest BCUT2D eigenvalue weighted by Crippen LogP contribution is -2.45. The number of rotatable bonds is 6. The molecule has 0 aromatic heterocycles. The van der Waals surface area contributed by atoms with Crippen molar-refractivity contribution in [2.75, 3.05) is 11.9 Å². The van der Waals surface area contributed by atoms with E-state index in [1.807, 2.05) is 6.07 Å². The molecule has 0 saturated heterocycles. The van der Waals surface area contributed by atoms with Crippen molar-refractivity contribution in [1.29, 1.82) is 5.26 Å². The number of nitrogens with one attached hydrogen (secondary N) is 1. The van der Waals surface area contributed by atoms with Gasteiger partial charge in [0.15, 0.2) is 5.60 Å². The van der Waals surface area contributed by atoms with Crippen LogP contribution < -0.4 is 10.1 Å². The highest BCUT2D eigenvalue weighted by molar-refractivity contribution is 6.31. The molecule has 0 saturated carbocycles. The van der Waals surface area contributed by atoms with Gasteiger partial charge in [-0.25, -0.2) is 0 Å². The molecular weight excluding hydrogens is 374 g/mol. The van der Waals surface area contributed by atoms with Crippen LogP contribution in [0.5, 0.6) is 5.75 Å². The van der Waals surface area contributed by atoms with Crippen LogP contribution in [0.15, 0.2) is 36.4 Å². The Labute approximate surface area is 160 Å². The molecule has 2 N–H and O–H groups in total. The summed E-state index contributed by atoms with van der Waals surface area (Å²) in [6, 6.07) is 10.4. The molecule has 0 radical (unpaired) electrons. The maximum Gasteiger partial charge on any atom is 0.272 e. The maximum absolute atomic E-state index is 12.3. The van der Waals surface area contributed by atoms with Crippen molar-refractivity contribution in [1.82, 2.24) is 0 Å². The zero-order valence-corrected chi connectivity index (χ0v) is 15.3. The third-order valence-electron chi connectivity index (χ3n) is 3.72. The zero-order valence-electron chi connectivity index (χ0n) is 14.5. The highest BCUT2D eigenvalue weighted by atomic mass is 35.5. The fourth-order valence-electron chi connectivity index (χ4n) is 2.17. The zero-order chi connectivity index (χ0) is 20.2. The van der Waals surface area contributed by atoms with Gasteiger partial charge in [-0.1, -0.05) is 11.6 Å². The number of aryl methyl sites for hydroxylation is 1. The van der Waals surface area contributed by atoms with Gasteiger partial charge in [-0.2, -0.15) is 5.26 Å². The summed E-state index contributed by atoms with van der Waals surface area (Å²) >= 11 is 5.91. The fourth-order valence-corrected chi connectivity index (χ4v) is 2.38. The van der Waals surface area contributed by atoms with Gasteiger partial charge in [0.05, 0.1) is 15.5 Å². The molecule has 0 aliphatic heterocycles. The first kappa shape index (κ1) is 20.2. The predicted molar refractivity (Wildman–Crippen MR) is 98.7 cm³/mol. The van der Waals surface area contributed by atoms with Crippen LogP contribution in [0.25, 0.3) is 0 Å². The van der Waals surface area contributed by atoms with Crippen molar-refractivity contribution in [2.24, 2.45) is 0 Å². The average Bonchev–Trinajstić information content (AvgIpc) is 2.60. The number of hydrogen-bond donors (Lipinski definition) is 2. The highest BCUT2D eigenvalue weighted by Gasteiger charge is 2.31. The number of carbonyl (C=O) groups excluding carboxylic acids is 1. The topological polar surface area (TPSA) is 125 Å². The van der Waals surface area contributed by atoms with Crippen LogP contribution in [0.3, 0.4) is 0 Å². The van der Waals surface area contributed by atoms with Crippen LogP contribution in [0.1, 0.15) is 18.1 Å². The number of hydrogen-bond acceptors (Lipinski definition) is 6. The smallest absolute Gasteiger partial charge is 0.272 e. The molecule has 0 spiro atoms. The van der Waals surface area contributed by atoms with E-state index < -0.39 is 16.4 Å². The Hall–Kier alpha value is -3.15. The number of nitro benzene ring substituents is 1. The van der Waals surface area contributed by atoms with E-state index in [4.69, 9.17) is 21.6 Å². The first-order valence-electron chi connectivity index (χ1n) is 7.75. The first-order valence-corrected chi connectivity index (χ1v) is 8.13. The molecule has 2 aromatic rings. The summed E-state index contributed by atoms with van der Waals surface area (Å²) in [5.74, 6) is -0.450. The number of halogens is 1. The predicted octanol–water partition coefficient (Wildman–Crippen LogP) is 3.20. The minimum atomic E-state index is -1.88. The lowest BCUT2D eigenvalue weighted by atomic mass is 10.1. The van der Waals surface area contributed by atoms with Gasteiger partial charge in [0.1, 0.15) is 18.4 Å². The number of benzene rings is 2. The number of ether oxygens (including phenoxy) is 1. The van der Waals surface area contributed by atoms with Gasteiger partial charge >= 0.3 is 0 Å². The van der Waals surface area contributed by atoms with E-state index >= 15 is 0 Å². The molecule has 27 heavy (non-hydrogen) atoms. The number of anilines is 1. The molecule has 0 aliphatic rings. The van der Waals surface area contributed by atoms with Crippen molar-refractivity contribution in [3.05, 3.63) is 62.7 Å². The van der Waals surface area contributed by atoms with Crippen molar-refractivity contribution in [3.8, 4) is 11.8 Å². The third kappa shape index (κ3) is 4.94. The monoisotopic (exact) mass is 389 g/mol. The molecule has 1 amide bonds. The number of nitriles is 1. The van der Waals surface area contributed by atoms with Gasteiger partial charge in [0.2, 0.25) is 0 Å². The minimum Gasteiger partial charge on any atom is -0.490 e. The summed E-state index contributed by atoms with van der Waals surface area (Å²) in [4.78, 5) is 22.6. The van der Waals surface area contributed by atoms with Gasteiger partial charge in [0, 0.05) is 23.4 Å². The second-order valence-corrected chi connectivity index (χ2v) is 6.44. The molecule has 0 aliphatic carbocycles. The molecule has 9 heteroatoms. The van der Waals surface area contributed by atoms with Crippen molar-refractivity contribution < 1.29 is 19.6 Å². The Morgan fingerprint density at radius 2 is 2.11 bits per heavy atom. The number of amides is 1. The molecule has 8 nitrogen and oxygen atoms in total. The number of carbonyl (C=O) groups is 1. The van der Waals surface area contributed by atoms with Crippen molar-refractivity contribution in [3.63, 3.8) is 0 Å². The van der Waals surface area contributed by atoms with E-state index in [1.54, 1.807) is 6.92 Å². The van der Waals surface area contributed by atoms with Gasteiger partial charge in [0.25, 0.3) is 11.6 Å². The summed E-state index contributed by atoms with van der Waals surface area (Å²) in [6.07, 6.45) is 0. The van der Waals surface area contributed by atoms with Crippen molar-refractivity contribution in [2.45, 2.75) is 19.4 Å². The number of nitrogens with zero attached hydrogens (tertiary/aromatic N) is 2. The molecule has 0 fully saturated rings. The Bertz CT molecular complexity index is 937. The largest absolute Gasteiger partial charge is 0.490 e. The van der Waals surface area contributed by atoms with E-state index in [0.717, 1.165) is 0 Å². The van der Waals surface area contributed by atoms with Gasteiger partial charge in [-0.3, -0.25) is 14.9 Å². The van der Waals surface area contributed by atoms with Crippen LogP contribution in [-0.2, 0) is 4.79 Å². The van der Waals surface area contributed by atoms with Crippen molar-refractivity contribution >= 4 is 28.9 Å². The maximum atomic E-state index is 12.3.